The number of nitrogens with zero attached hydrogens (tertiary/aromatic N) is 1. The zero-order valence-electron chi connectivity index (χ0n) is 10.2. The lowest BCUT2D eigenvalue weighted by molar-refractivity contribution is 0.228. The molecule has 2 rings (SSSR count). The number of sulfonamides is 1. The van der Waals surface area contributed by atoms with Crippen LogP contribution in [-0.2, 0) is 10.0 Å². The van der Waals surface area contributed by atoms with Gasteiger partial charge in [0.05, 0.1) is 4.90 Å². The van der Waals surface area contributed by atoms with E-state index in [2.05, 4.69) is 47.8 Å². The van der Waals surface area contributed by atoms with Gasteiger partial charge in [0.25, 0.3) is 0 Å². The van der Waals surface area contributed by atoms with E-state index < -0.39 is 10.0 Å². The third-order valence-corrected chi connectivity index (χ3v) is 7.06. The summed E-state index contributed by atoms with van der Waals surface area (Å²) < 4.78 is 28.6. The van der Waals surface area contributed by atoms with Crippen molar-refractivity contribution in [3.63, 3.8) is 0 Å². The quantitative estimate of drug-likeness (QED) is 0.600. The molecular formula is C12H14Br3NO2S. The molecule has 1 aliphatic carbocycles. The van der Waals surface area contributed by atoms with Gasteiger partial charge in [0.1, 0.15) is 0 Å². The Kier molecular flexibility index (Phi) is 5.50. The topological polar surface area (TPSA) is 37.4 Å². The van der Waals surface area contributed by atoms with Gasteiger partial charge in [0, 0.05) is 26.9 Å². The van der Waals surface area contributed by atoms with Crippen molar-refractivity contribution in [2.75, 3.05) is 11.9 Å². The summed E-state index contributed by atoms with van der Waals surface area (Å²) in [5.74, 6) is 0. The Hall–Kier alpha value is 0.570. The highest BCUT2D eigenvalue weighted by molar-refractivity contribution is 9.11. The molecule has 3 nitrogen and oxygen atoms in total. The molecule has 0 saturated heterocycles. The van der Waals surface area contributed by atoms with Crippen molar-refractivity contribution in [1.29, 1.82) is 0 Å². The number of benzene rings is 1. The second-order valence-electron chi connectivity index (χ2n) is 4.46. The van der Waals surface area contributed by atoms with Crippen LogP contribution in [0.5, 0.6) is 0 Å². The van der Waals surface area contributed by atoms with Crippen molar-refractivity contribution < 1.29 is 8.42 Å². The van der Waals surface area contributed by atoms with Gasteiger partial charge < -0.3 is 0 Å². The van der Waals surface area contributed by atoms with Crippen molar-refractivity contribution in [2.45, 2.75) is 30.2 Å². The van der Waals surface area contributed by atoms with Crippen LogP contribution < -0.4 is 0 Å². The molecule has 0 heterocycles. The van der Waals surface area contributed by atoms with E-state index in [0.717, 1.165) is 23.7 Å². The third kappa shape index (κ3) is 3.43. The molecule has 0 radical (unpaired) electrons. The summed E-state index contributed by atoms with van der Waals surface area (Å²) in [6, 6.07) is 5.37. The highest BCUT2D eigenvalue weighted by Gasteiger charge is 2.35. The largest absolute Gasteiger partial charge is 0.244 e. The number of rotatable bonds is 5. The fraction of sp³-hybridized carbons (Fsp3) is 0.500. The number of hydrogen-bond acceptors (Lipinski definition) is 2. The Morgan fingerprint density at radius 2 is 1.95 bits per heavy atom. The first-order valence-electron chi connectivity index (χ1n) is 5.99. The fourth-order valence-electron chi connectivity index (χ4n) is 2.06. The first kappa shape index (κ1) is 15.9. The van der Waals surface area contributed by atoms with Crippen LogP contribution in [0.25, 0.3) is 0 Å². The molecule has 0 amide bonds. The molecule has 0 N–H and O–H groups in total. The maximum atomic E-state index is 12.8. The van der Waals surface area contributed by atoms with Gasteiger partial charge in [-0.1, -0.05) is 38.3 Å². The second kappa shape index (κ2) is 6.56. The first-order valence-corrected chi connectivity index (χ1v) is 10.1. The van der Waals surface area contributed by atoms with E-state index in [9.17, 15) is 8.42 Å². The number of hydrogen-bond donors (Lipinski definition) is 0. The van der Waals surface area contributed by atoms with E-state index in [1.165, 1.54) is 0 Å². The van der Waals surface area contributed by atoms with Gasteiger partial charge in [-0.2, -0.15) is 4.31 Å². The normalized spacial score (nSPS) is 16.6. The molecule has 0 spiro atoms. The molecule has 106 valence electrons. The lowest BCUT2D eigenvalue weighted by Gasteiger charge is -2.36. The summed E-state index contributed by atoms with van der Waals surface area (Å²) in [7, 11) is -3.45. The average Bonchev–Trinajstić information content (AvgIpc) is 2.29. The molecule has 0 bridgehead atoms. The van der Waals surface area contributed by atoms with E-state index in [1.807, 2.05) is 6.07 Å². The summed E-state index contributed by atoms with van der Waals surface area (Å²) >= 11 is 10.0. The van der Waals surface area contributed by atoms with Crippen molar-refractivity contribution in [3.8, 4) is 0 Å². The fourth-order valence-corrected chi connectivity index (χ4v) is 5.83. The molecule has 19 heavy (non-hydrogen) atoms. The first-order chi connectivity index (χ1) is 8.96. The summed E-state index contributed by atoms with van der Waals surface area (Å²) in [6.07, 6.45) is 3.02. The van der Waals surface area contributed by atoms with Crippen molar-refractivity contribution in [1.82, 2.24) is 4.31 Å². The van der Waals surface area contributed by atoms with Crippen LogP contribution in [-0.4, -0.2) is 30.6 Å². The molecule has 1 fully saturated rings. The van der Waals surface area contributed by atoms with E-state index in [4.69, 9.17) is 0 Å². The van der Waals surface area contributed by atoms with Gasteiger partial charge in [-0.05, 0) is 47.0 Å². The van der Waals surface area contributed by atoms with Crippen LogP contribution in [0, 0.1) is 0 Å². The zero-order valence-corrected chi connectivity index (χ0v) is 15.7. The molecular weight excluding hydrogens is 462 g/mol. The summed E-state index contributed by atoms with van der Waals surface area (Å²) in [5, 5.41) is 0.647. The SMILES string of the molecule is O=S(=O)(c1cc(Br)ccc1Br)N(CCBr)C1CCC1. The predicted molar refractivity (Wildman–Crippen MR) is 87.2 cm³/mol. The Bertz CT molecular complexity index is 558. The van der Waals surface area contributed by atoms with Crippen LogP contribution >= 0.6 is 47.8 Å². The summed E-state index contributed by atoms with van der Waals surface area (Å²) in [5.41, 5.74) is 0. The monoisotopic (exact) mass is 473 g/mol. The van der Waals surface area contributed by atoms with Gasteiger partial charge >= 0.3 is 0 Å². The highest BCUT2D eigenvalue weighted by atomic mass is 79.9. The maximum Gasteiger partial charge on any atom is 0.244 e. The predicted octanol–water partition coefficient (Wildman–Crippen LogP) is 4.15. The van der Waals surface area contributed by atoms with Gasteiger partial charge in [0.2, 0.25) is 10.0 Å². The van der Waals surface area contributed by atoms with E-state index in [1.54, 1.807) is 16.4 Å². The van der Waals surface area contributed by atoms with Crippen LogP contribution in [0.3, 0.4) is 0 Å². The van der Waals surface area contributed by atoms with Gasteiger partial charge in [0.15, 0.2) is 0 Å². The standard InChI is InChI=1S/C12H14Br3NO2S/c13-6-7-16(10-2-1-3-10)19(17,18)12-8-9(14)4-5-11(12)15/h4-5,8,10H,1-3,6-7H2. The smallest absolute Gasteiger partial charge is 0.207 e. The Balaban J connectivity index is 2.40. The minimum Gasteiger partial charge on any atom is -0.207 e. The Morgan fingerprint density at radius 3 is 2.47 bits per heavy atom. The van der Waals surface area contributed by atoms with Crippen LogP contribution in [0.15, 0.2) is 32.0 Å². The minimum atomic E-state index is -3.45. The van der Waals surface area contributed by atoms with Crippen LogP contribution in [0.2, 0.25) is 0 Å². The molecule has 1 aromatic rings. The average molecular weight is 476 g/mol. The van der Waals surface area contributed by atoms with Gasteiger partial charge in [-0.3, -0.25) is 0 Å². The van der Waals surface area contributed by atoms with Crippen LogP contribution in [0.1, 0.15) is 19.3 Å². The molecule has 0 aromatic heterocycles. The second-order valence-corrected chi connectivity index (χ2v) is 8.89. The highest BCUT2D eigenvalue weighted by Crippen LogP contribution is 2.33. The molecule has 1 aromatic carbocycles. The molecule has 0 atom stereocenters. The number of alkyl halides is 1. The molecule has 7 heteroatoms. The molecule has 0 aliphatic heterocycles. The molecule has 0 unspecified atom stereocenters. The lowest BCUT2D eigenvalue weighted by atomic mass is 9.93. The van der Waals surface area contributed by atoms with Crippen molar-refractivity contribution in [3.05, 3.63) is 27.1 Å². The lowest BCUT2D eigenvalue weighted by Crippen LogP contribution is -2.45. The van der Waals surface area contributed by atoms with Gasteiger partial charge in [-0.25, -0.2) is 8.42 Å². The molecule has 1 saturated carbocycles. The molecule has 1 aliphatic rings. The summed E-state index contributed by atoms with van der Waals surface area (Å²) in [6.45, 7) is 0.506. The number of halogens is 3. The maximum absolute atomic E-state index is 12.8. The van der Waals surface area contributed by atoms with E-state index >= 15 is 0 Å². The van der Waals surface area contributed by atoms with Crippen molar-refractivity contribution in [2.24, 2.45) is 0 Å². The zero-order chi connectivity index (χ0) is 14.0. The Morgan fingerprint density at radius 1 is 1.26 bits per heavy atom. The van der Waals surface area contributed by atoms with E-state index in [-0.39, 0.29) is 6.04 Å². The van der Waals surface area contributed by atoms with Crippen LogP contribution in [0.4, 0.5) is 0 Å². The Labute approximate surface area is 139 Å². The minimum absolute atomic E-state index is 0.147. The van der Waals surface area contributed by atoms with E-state index in [0.29, 0.717) is 21.2 Å². The van der Waals surface area contributed by atoms with Crippen molar-refractivity contribution >= 4 is 57.8 Å². The third-order valence-electron chi connectivity index (χ3n) is 3.27. The van der Waals surface area contributed by atoms with Gasteiger partial charge in [-0.15, -0.1) is 0 Å². The summed E-state index contributed by atoms with van der Waals surface area (Å²) in [4.78, 5) is 0.328.